The highest BCUT2D eigenvalue weighted by molar-refractivity contribution is 6.10. The molecule has 1 atom stereocenters. The van der Waals surface area contributed by atoms with Gasteiger partial charge in [-0.25, -0.2) is 0 Å². The summed E-state index contributed by atoms with van der Waals surface area (Å²) in [6.07, 6.45) is 7.99. The molecule has 226 valence electrons. The number of benzene rings is 2. The van der Waals surface area contributed by atoms with Gasteiger partial charge in [-0.05, 0) is 68.0 Å². The van der Waals surface area contributed by atoms with Gasteiger partial charge >= 0.3 is 0 Å². The van der Waals surface area contributed by atoms with Crippen molar-refractivity contribution < 1.29 is 24.2 Å². The second kappa shape index (κ2) is 11.7. The first-order chi connectivity index (χ1) is 21.4. The summed E-state index contributed by atoms with van der Waals surface area (Å²) >= 11 is 0. The van der Waals surface area contributed by atoms with Crippen LogP contribution in [0.25, 0.3) is 10.9 Å². The molecular formula is C36H37N3O5. The SMILES string of the molecule is O=C(Cc1ccccc1)C1(C(=O)Cc2ccc(Oc3ccnc4cc(OCCCN5CC(O)C6(CC6)C5)ccc34)cn2)CC1. The number of rotatable bonds is 13. The van der Waals surface area contributed by atoms with Gasteiger partial charge in [0.2, 0.25) is 0 Å². The zero-order valence-corrected chi connectivity index (χ0v) is 24.8. The van der Waals surface area contributed by atoms with Crippen molar-refractivity contribution >= 4 is 22.5 Å². The zero-order chi connectivity index (χ0) is 30.1. The summed E-state index contributed by atoms with van der Waals surface area (Å²) in [5.41, 5.74) is 1.65. The number of β-amino-alcohol motifs (C(OH)–C–C–N with tert-alkyl or cyclic N) is 1. The lowest BCUT2D eigenvalue weighted by Gasteiger charge is -2.15. The molecule has 1 spiro atoms. The molecule has 2 aromatic carbocycles. The Morgan fingerprint density at radius 2 is 1.70 bits per heavy atom. The van der Waals surface area contributed by atoms with Gasteiger partial charge in [0.1, 0.15) is 17.2 Å². The third kappa shape index (κ3) is 5.97. The van der Waals surface area contributed by atoms with Crippen molar-refractivity contribution in [3.05, 3.63) is 90.4 Å². The topological polar surface area (TPSA) is 102 Å². The van der Waals surface area contributed by atoms with Crippen LogP contribution in [0.15, 0.2) is 79.1 Å². The molecule has 3 heterocycles. The molecule has 7 rings (SSSR count). The highest BCUT2D eigenvalue weighted by Gasteiger charge is 2.55. The fraction of sp³-hybridized carbons (Fsp3) is 0.389. The predicted octanol–water partition coefficient (Wildman–Crippen LogP) is 5.35. The monoisotopic (exact) mass is 591 g/mol. The van der Waals surface area contributed by atoms with Crippen molar-refractivity contribution in [2.24, 2.45) is 10.8 Å². The lowest BCUT2D eigenvalue weighted by molar-refractivity contribution is -0.133. The minimum absolute atomic E-state index is 0.000880. The molecule has 1 aliphatic heterocycles. The molecule has 3 fully saturated rings. The first-order valence-electron chi connectivity index (χ1n) is 15.6. The third-order valence-electron chi connectivity index (χ3n) is 9.52. The maximum Gasteiger partial charge on any atom is 0.152 e. The molecule has 4 aromatic rings. The number of fused-ring (bicyclic) bond motifs is 1. The number of carbonyl (C=O) groups is 2. The van der Waals surface area contributed by atoms with Crippen molar-refractivity contribution in [1.82, 2.24) is 14.9 Å². The van der Waals surface area contributed by atoms with E-state index in [0.29, 0.717) is 36.6 Å². The number of aromatic nitrogens is 2. The Balaban J connectivity index is 0.925. The van der Waals surface area contributed by atoms with Gasteiger partial charge in [0.05, 0.1) is 29.8 Å². The van der Waals surface area contributed by atoms with Gasteiger partial charge in [0.15, 0.2) is 11.6 Å². The molecular weight excluding hydrogens is 554 g/mol. The maximum absolute atomic E-state index is 13.1. The standard InChI is InChI=1S/C36H37N3O5/c40-32(19-25-5-2-1-3-6-25)36(14-15-36)33(41)20-26-7-8-28(22-38-26)44-31-11-16-37-30-21-27(9-10-29(30)31)43-18-4-17-39-23-34(42)35(24-39)12-13-35/h1-3,5-11,16,21-22,34,42H,4,12-15,17-20,23-24H2. The summed E-state index contributed by atoms with van der Waals surface area (Å²) in [5, 5.41) is 11.1. The molecule has 0 bridgehead atoms. The van der Waals surface area contributed by atoms with E-state index >= 15 is 0 Å². The van der Waals surface area contributed by atoms with Crippen molar-refractivity contribution in [3.63, 3.8) is 0 Å². The third-order valence-corrected chi connectivity index (χ3v) is 9.52. The van der Waals surface area contributed by atoms with E-state index in [1.807, 2.05) is 54.6 Å². The van der Waals surface area contributed by atoms with E-state index in [0.717, 1.165) is 61.1 Å². The normalized spacial score (nSPS) is 19.6. The van der Waals surface area contributed by atoms with Crippen LogP contribution in [-0.2, 0) is 22.4 Å². The number of Topliss-reactive ketones (excluding diaryl/α,β-unsaturated/α-hetero) is 2. The molecule has 1 saturated heterocycles. The number of likely N-dealkylation sites (tertiary alicyclic amines) is 1. The van der Waals surface area contributed by atoms with Gasteiger partial charge in [-0.1, -0.05) is 30.3 Å². The van der Waals surface area contributed by atoms with Crippen LogP contribution in [0.4, 0.5) is 0 Å². The number of hydrogen-bond donors (Lipinski definition) is 1. The minimum atomic E-state index is -0.859. The minimum Gasteiger partial charge on any atom is -0.493 e. The molecule has 8 nitrogen and oxygen atoms in total. The van der Waals surface area contributed by atoms with E-state index in [1.165, 1.54) is 0 Å². The Bertz CT molecular complexity index is 1660. The molecule has 1 N–H and O–H groups in total. The Morgan fingerprint density at radius 1 is 0.909 bits per heavy atom. The molecule has 2 aliphatic carbocycles. The van der Waals surface area contributed by atoms with E-state index < -0.39 is 5.41 Å². The van der Waals surface area contributed by atoms with Crippen LogP contribution in [0.2, 0.25) is 0 Å². The van der Waals surface area contributed by atoms with Crippen LogP contribution in [0.3, 0.4) is 0 Å². The number of hydrogen-bond acceptors (Lipinski definition) is 8. The van der Waals surface area contributed by atoms with Gasteiger partial charge in [-0.3, -0.25) is 24.5 Å². The van der Waals surface area contributed by atoms with Crippen LogP contribution in [0.5, 0.6) is 17.2 Å². The van der Waals surface area contributed by atoms with E-state index in [1.54, 1.807) is 24.5 Å². The fourth-order valence-electron chi connectivity index (χ4n) is 6.46. The molecule has 2 saturated carbocycles. The lowest BCUT2D eigenvalue weighted by Crippen LogP contribution is -2.29. The van der Waals surface area contributed by atoms with Gasteiger partial charge in [-0.2, -0.15) is 0 Å². The lowest BCUT2D eigenvalue weighted by atomic mass is 9.89. The van der Waals surface area contributed by atoms with Gasteiger partial charge in [0.25, 0.3) is 0 Å². The maximum atomic E-state index is 13.1. The Labute approximate surface area is 257 Å². The number of aliphatic hydroxyl groups is 1. The summed E-state index contributed by atoms with van der Waals surface area (Å²) in [4.78, 5) is 37.4. The van der Waals surface area contributed by atoms with E-state index in [9.17, 15) is 14.7 Å². The van der Waals surface area contributed by atoms with Gasteiger partial charge in [0, 0.05) is 61.2 Å². The van der Waals surface area contributed by atoms with Crippen LogP contribution in [0.1, 0.15) is 43.4 Å². The average molecular weight is 592 g/mol. The first-order valence-corrected chi connectivity index (χ1v) is 15.6. The quantitative estimate of drug-likeness (QED) is 0.164. The Kier molecular flexibility index (Phi) is 7.64. The summed E-state index contributed by atoms with van der Waals surface area (Å²) in [7, 11) is 0. The number of ketones is 2. The summed E-state index contributed by atoms with van der Waals surface area (Å²) in [6.45, 7) is 3.31. The summed E-state index contributed by atoms with van der Waals surface area (Å²) in [5.74, 6) is 1.90. The van der Waals surface area contributed by atoms with Gasteiger partial charge in [-0.15, -0.1) is 0 Å². The van der Waals surface area contributed by atoms with Crippen molar-refractivity contribution in [3.8, 4) is 17.2 Å². The first kappa shape index (κ1) is 28.6. The molecule has 3 aliphatic rings. The van der Waals surface area contributed by atoms with Gasteiger partial charge < -0.3 is 14.6 Å². The number of aliphatic hydroxyl groups excluding tert-OH is 1. The summed E-state index contributed by atoms with van der Waals surface area (Å²) in [6, 6.07) is 20.8. The largest absolute Gasteiger partial charge is 0.493 e. The molecule has 44 heavy (non-hydrogen) atoms. The predicted molar refractivity (Wildman–Crippen MR) is 166 cm³/mol. The smallest absolute Gasteiger partial charge is 0.152 e. The Hall–Kier alpha value is -4.14. The van der Waals surface area contributed by atoms with Crippen molar-refractivity contribution in [2.75, 3.05) is 26.2 Å². The molecule has 0 amide bonds. The molecule has 0 radical (unpaired) electrons. The zero-order valence-electron chi connectivity index (χ0n) is 24.8. The number of carbonyl (C=O) groups excluding carboxylic acids is 2. The second-order valence-electron chi connectivity index (χ2n) is 12.7. The molecule has 1 unspecified atom stereocenters. The summed E-state index contributed by atoms with van der Waals surface area (Å²) < 4.78 is 12.2. The Morgan fingerprint density at radius 3 is 2.43 bits per heavy atom. The highest BCUT2D eigenvalue weighted by Crippen LogP contribution is 2.52. The van der Waals surface area contributed by atoms with Crippen LogP contribution in [-0.4, -0.2) is 63.9 Å². The molecule has 8 heteroatoms. The van der Waals surface area contributed by atoms with Crippen molar-refractivity contribution in [1.29, 1.82) is 0 Å². The van der Waals surface area contributed by atoms with E-state index in [-0.39, 0.29) is 35.9 Å². The van der Waals surface area contributed by atoms with Crippen molar-refractivity contribution in [2.45, 2.75) is 51.0 Å². The number of nitrogens with zero attached hydrogens (tertiary/aromatic N) is 3. The molecule has 2 aromatic heterocycles. The number of pyridine rings is 2. The average Bonchev–Trinajstić information content (AvgIpc) is 3.96. The van der Waals surface area contributed by atoms with Crippen LogP contribution < -0.4 is 9.47 Å². The number of ether oxygens (including phenoxy) is 2. The fourth-order valence-corrected chi connectivity index (χ4v) is 6.46. The van der Waals surface area contributed by atoms with E-state index in [4.69, 9.17) is 9.47 Å². The second-order valence-corrected chi connectivity index (χ2v) is 12.7. The van der Waals surface area contributed by atoms with E-state index in [2.05, 4.69) is 14.9 Å². The van der Waals surface area contributed by atoms with Crippen LogP contribution >= 0.6 is 0 Å². The van der Waals surface area contributed by atoms with Crippen LogP contribution in [0, 0.1) is 10.8 Å². The highest BCUT2D eigenvalue weighted by atomic mass is 16.5.